The van der Waals surface area contributed by atoms with Crippen molar-refractivity contribution in [1.82, 2.24) is 19.1 Å². The molecular formula is C21H18ClN5O2. The Hall–Kier alpha value is -3.45. The van der Waals surface area contributed by atoms with Crippen molar-refractivity contribution in [3.05, 3.63) is 76.4 Å². The summed E-state index contributed by atoms with van der Waals surface area (Å²) in [6, 6.07) is 13.6. The monoisotopic (exact) mass is 407 g/mol. The van der Waals surface area contributed by atoms with Crippen LogP contribution in [0.25, 0.3) is 22.2 Å². The minimum absolute atomic E-state index is 0.264. The van der Waals surface area contributed by atoms with E-state index in [-0.39, 0.29) is 11.5 Å². The molecule has 4 aromatic rings. The molecule has 0 aliphatic rings. The maximum atomic E-state index is 12.8. The van der Waals surface area contributed by atoms with Crippen molar-refractivity contribution in [1.29, 1.82) is 0 Å². The van der Waals surface area contributed by atoms with Gasteiger partial charge in [0.05, 0.1) is 29.1 Å². The highest BCUT2D eigenvalue weighted by Crippen LogP contribution is 2.24. The molecule has 0 fully saturated rings. The Morgan fingerprint density at radius 3 is 2.59 bits per heavy atom. The summed E-state index contributed by atoms with van der Waals surface area (Å²) in [7, 11) is 1.81. The van der Waals surface area contributed by atoms with Crippen LogP contribution >= 0.6 is 11.6 Å². The maximum Gasteiger partial charge on any atom is 0.261 e. The second-order valence-corrected chi connectivity index (χ2v) is 7.11. The van der Waals surface area contributed by atoms with Crippen LogP contribution in [0.1, 0.15) is 13.0 Å². The van der Waals surface area contributed by atoms with Gasteiger partial charge in [-0.15, -0.1) is 0 Å². The smallest absolute Gasteiger partial charge is 0.261 e. The minimum Gasteiger partial charge on any atom is -0.313 e. The highest BCUT2D eigenvalue weighted by molar-refractivity contribution is 6.30. The third-order valence-electron chi connectivity index (χ3n) is 4.85. The lowest BCUT2D eigenvalue weighted by atomic mass is 10.2. The molecule has 0 aliphatic carbocycles. The van der Waals surface area contributed by atoms with Gasteiger partial charge in [0.2, 0.25) is 11.9 Å². The van der Waals surface area contributed by atoms with Crippen LogP contribution in [-0.2, 0) is 11.8 Å². The SMILES string of the molecule is CC(C(=O)Nc1ncc(-c2ccc(Cl)cc2)n1C)n1cnc2ccccc2c1=O. The fourth-order valence-corrected chi connectivity index (χ4v) is 3.24. The normalized spacial score (nSPS) is 12.1. The Morgan fingerprint density at radius 1 is 1.10 bits per heavy atom. The first kappa shape index (κ1) is 18.9. The molecule has 0 spiro atoms. The van der Waals surface area contributed by atoms with Gasteiger partial charge in [-0.1, -0.05) is 35.9 Å². The zero-order valence-electron chi connectivity index (χ0n) is 15.8. The summed E-state index contributed by atoms with van der Waals surface area (Å²) in [6.07, 6.45) is 3.07. The molecule has 2 aromatic carbocycles. The molecule has 1 atom stereocenters. The molecule has 0 saturated carbocycles. The van der Waals surface area contributed by atoms with E-state index in [9.17, 15) is 9.59 Å². The van der Waals surface area contributed by atoms with Gasteiger partial charge in [0.25, 0.3) is 5.56 Å². The quantitative estimate of drug-likeness (QED) is 0.559. The van der Waals surface area contributed by atoms with Gasteiger partial charge in [-0.25, -0.2) is 9.97 Å². The third kappa shape index (κ3) is 3.52. The fourth-order valence-electron chi connectivity index (χ4n) is 3.11. The van der Waals surface area contributed by atoms with Gasteiger partial charge >= 0.3 is 0 Å². The second-order valence-electron chi connectivity index (χ2n) is 6.67. The van der Waals surface area contributed by atoms with Gasteiger partial charge in [-0.05, 0) is 36.8 Å². The summed E-state index contributed by atoms with van der Waals surface area (Å²) in [5, 5.41) is 3.90. The zero-order chi connectivity index (χ0) is 20.5. The minimum atomic E-state index is -0.754. The van der Waals surface area contributed by atoms with E-state index in [1.807, 2.05) is 18.2 Å². The maximum absolute atomic E-state index is 12.8. The Kier molecular flexibility index (Phi) is 4.90. The molecule has 1 N–H and O–H groups in total. The highest BCUT2D eigenvalue weighted by Gasteiger charge is 2.20. The number of imidazole rings is 1. The predicted octanol–water partition coefficient (Wildman–Crippen LogP) is 3.65. The van der Waals surface area contributed by atoms with E-state index < -0.39 is 6.04 Å². The van der Waals surface area contributed by atoms with Crippen LogP contribution in [0, 0.1) is 0 Å². The average Bonchev–Trinajstić information content (AvgIpc) is 3.09. The molecule has 8 heteroatoms. The lowest BCUT2D eigenvalue weighted by Crippen LogP contribution is -2.32. The van der Waals surface area contributed by atoms with Crippen LogP contribution in [0.4, 0.5) is 5.95 Å². The van der Waals surface area contributed by atoms with Gasteiger partial charge in [0.15, 0.2) is 0 Å². The predicted molar refractivity (Wildman–Crippen MR) is 113 cm³/mol. The van der Waals surface area contributed by atoms with Crippen molar-refractivity contribution in [3.63, 3.8) is 0 Å². The standard InChI is InChI=1S/C21H18ClN5O2/c1-13(27-12-24-17-6-4-3-5-16(17)20(27)29)19(28)25-21-23-11-18(26(21)2)14-7-9-15(22)10-8-14/h3-13H,1-2H3,(H,23,25,28). The topological polar surface area (TPSA) is 81.8 Å². The van der Waals surface area contributed by atoms with Gasteiger partial charge in [-0.3, -0.25) is 19.5 Å². The number of rotatable bonds is 4. The zero-order valence-corrected chi connectivity index (χ0v) is 16.6. The molecule has 0 saturated heterocycles. The number of para-hydroxylation sites is 1. The third-order valence-corrected chi connectivity index (χ3v) is 5.10. The summed E-state index contributed by atoms with van der Waals surface area (Å²) < 4.78 is 3.09. The molecule has 0 radical (unpaired) electrons. The van der Waals surface area contributed by atoms with E-state index in [0.29, 0.717) is 21.9 Å². The van der Waals surface area contributed by atoms with Crippen molar-refractivity contribution in [2.24, 2.45) is 7.05 Å². The summed E-state index contributed by atoms with van der Waals surface area (Å²) in [5.41, 5.74) is 2.08. The molecule has 0 bridgehead atoms. The molecule has 4 rings (SSSR count). The van der Waals surface area contributed by atoms with Crippen molar-refractivity contribution in [2.45, 2.75) is 13.0 Å². The number of nitrogens with one attached hydrogen (secondary N) is 1. The molecule has 29 heavy (non-hydrogen) atoms. The number of benzene rings is 2. The number of halogens is 1. The van der Waals surface area contributed by atoms with Gasteiger partial charge in [0, 0.05) is 12.1 Å². The molecule has 1 unspecified atom stereocenters. The van der Waals surface area contributed by atoms with Crippen molar-refractivity contribution in [3.8, 4) is 11.3 Å². The van der Waals surface area contributed by atoms with E-state index >= 15 is 0 Å². The summed E-state index contributed by atoms with van der Waals surface area (Å²) >= 11 is 5.94. The van der Waals surface area contributed by atoms with Crippen LogP contribution < -0.4 is 10.9 Å². The number of carbonyl (C=O) groups excluding carboxylic acids is 1. The summed E-state index contributed by atoms with van der Waals surface area (Å²) in [6.45, 7) is 1.65. The second kappa shape index (κ2) is 7.52. The summed E-state index contributed by atoms with van der Waals surface area (Å²) in [4.78, 5) is 34.1. The molecule has 2 aromatic heterocycles. The number of fused-ring (bicyclic) bond motifs is 1. The summed E-state index contributed by atoms with van der Waals surface area (Å²) in [5.74, 6) is 0.0223. The van der Waals surface area contributed by atoms with Gasteiger partial charge in [0.1, 0.15) is 6.04 Å². The van der Waals surface area contributed by atoms with Crippen LogP contribution in [0.5, 0.6) is 0 Å². The number of carbonyl (C=O) groups is 1. The number of nitrogens with zero attached hydrogens (tertiary/aromatic N) is 4. The molecule has 146 valence electrons. The average molecular weight is 408 g/mol. The largest absolute Gasteiger partial charge is 0.313 e. The van der Waals surface area contributed by atoms with Crippen LogP contribution in [0.2, 0.25) is 5.02 Å². The number of aromatic nitrogens is 4. The Bertz CT molecular complexity index is 1260. The first-order valence-corrected chi connectivity index (χ1v) is 9.38. The molecule has 1 amide bonds. The Labute approximate surface area is 171 Å². The Balaban J connectivity index is 1.59. The molecule has 7 nitrogen and oxygen atoms in total. The molecule has 0 aliphatic heterocycles. The Morgan fingerprint density at radius 2 is 1.83 bits per heavy atom. The lowest BCUT2D eigenvalue weighted by molar-refractivity contribution is -0.118. The first-order valence-electron chi connectivity index (χ1n) is 9.00. The lowest BCUT2D eigenvalue weighted by Gasteiger charge is -2.15. The van der Waals surface area contributed by atoms with E-state index in [4.69, 9.17) is 11.6 Å². The van der Waals surface area contributed by atoms with E-state index in [1.54, 1.807) is 55.1 Å². The van der Waals surface area contributed by atoms with Crippen molar-refractivity contribution in [2.75, 3.05) is 5.32 Å². The van der Waals surface area contributed by atoms with Gasteiger partial charge < -0.3 is 4.57 Å². The number of anilines is 1. The molecule has 2 heterocycles. The first-order chi connectivity index (χ1) is 14.0. The van der Waals surface area contributed by atoms with E-state index in [0.717, 1.165) is 11.3 Å². The van der Waals surface area contributed by atoms with Crippen molar-refractivity contribution >= 4 is 34.4 Å². The van der Waals surface area contributed by atoms with Crippen molar-refractivity contribution < 1.29 is 4.79 Å². The van der Waals surface area contributed by atoms with E-state index in [2.05, 4.69) is 15.3 Å². The number of hydrogen-bond acceptors (Lipinski definition) is 4. The van der Waals surface area contributed by atoms with Crippen LogP contribution in [0.15, 0.2) is 65.8 Å². The number of hydrogen-bond donors (Lipinski definition) is 1. The van der Waals surface area contributed by atoms with E-state index in [1.165, 1.54) is 10.9 Å². The fraction of sp³-hybridized carbons (Fsp3) is 0.143. The van der Waals surface area contributed by atoms with Crippen LogP contribution in [-0.4, -0.2) is 25.0 Å². The molecular weight excluding hydrogens is 390 g/mol. The number of amides is 1. The van der Waals surface area contributed by atoms with Gasteiger partial charge in [-0.2, -0.15) is 0 Å². The highest BCUT2D eigenvalue weighted by atomic mass is 35.5. The van der Waals surface area contributed by atoms with Crippen LogP contribution in [0.3, 0.4) is 0 Å².